The molecule has 0 aliphatic carbocycles. The lowest BCUT2D eigenvalue weighted by molar-refractivity contribution is -0.145. The zero-order valence-electron chi connectivity index (χ0n) is 20.2. The van der Waals surface area contributed by atoms with Crippen LogP contribution in [0.4, 0.5) is 0 Å². The molecular formula is C26H34N2O6. The standard InChI is InChI=1S/C26H34N2O6/c1-26(2,19-10-12-20(33-3)13-11-19)14-15-27-21(17-23(29)30)24(31)28-22(25(32)34-4)16-18-8-6-5-7-9-18/h5-13,21-22,27H,14-17H2,1-4H3,(H,28,31)(H,29,30)/t21-,22-/m0/s1. The number of methoxy groups -OCH3 is 2. The van der Waals surface area contributed by atoms with Gasteiger partial charge in [0.25, 0.3) is 0 Å². The van der Waals surface area contributed by atoms with E-state index < -0.39 is 36.4 Å². The highest BCUT2D eigenvalue weighted by Crippen LogP contribution is 2.28. The Morgan fingerprint density at radius 2 is 1.62 bits per heavy atom. The number of benzene rings is 2. The lowest BCUT2D eigenvalue weighted by Crippen LogP contribution is -2.52. The van der Waals surface area contributed by atoms with Crippen LogP contribution < -0.4 is 15.4 Å². The van der Waals surface area contributed by atoms with Gasteiger partial charge in [-0.15, -0.1) is 0 Å². The summed E-state index contributed by atoms with van der Waals surface area (Å²) in [6, 6.07) is 15.1. The van der Waals surface area contributed by atoms with Crippen molar-refractivity contribution in [3.63, 3.8) is 0 Å². The number of ether oxygens (including phenoxy) is 2. The first kappa shape index (κ1) is 26.9. The van der Waals surface area contributed by atoms with Crippen molar-refractivity contribution in [2.45, 2.75) is 50.6 Å². The molecule has 2 aromatic carbocycles. The molecule has 0 saturated carbocycles. The van der Waals surface area contributed by atoms with Gasteiger partial charge in [0, 0.05) is 6.42 Å². The summed E-state index contributed by atoms with van der Waals surface area (Å²) in [5, 5.41) is 15.0. The van der Waals surface area contributed by atoms with E-state index in [1.54, 1.807) is 7.11 Å². The third kappa shape index (κ3) is 8.19. The fourth-order valence-corrected chi connectivity index (χ4v) is 3.64. The number of carboxylic acids is 1. The third-order valence-corrected chi connectivity index (χ3v) is 5.79. The average Bonchev–Trinajstić information content (AvgIpc) is 2.82. The van der Waals surface area contributed by atoms with E-state index >= 15 is 0 Å². The van der Waals surface area contributed by atoms with Gasteiger partial charge in [-0.05, 0) is 41.6 Å². The fourth-order valence-electron chi connectivity index (χ4n) is 3.64. The van der Waals surface area contributed by atoms with Gasteiger partial charge in [0.2, 0.25) is 5.91 Å². The Bertz CT molecular complexity index is 944. The van der Waals surface area contributed by atoms with Crippen LogP contribution in [-0.4, -0.2) is 55.8 Å². The Hall–Kier alpha value is -3.39. The minimum atomic E-state index is -1.11. The maximum absolute atomic E-state index is 12.9. The van der Waals surface area contributed by atoms with E-state index in [4.69, 9.17) is 9.47 Å². The van der Waals surface area contributed by atoms with E-state index in [9.17, 15) is 19.5 Å². The monoisotopic (exact) mass is 470 g/mol. The van der Waals surface area contributed by atoms with E-state index in [2.05, 4.69) is 24.5 Å². The zero-order chi connectivity index (χ0) is 25.1. The smallest absolute Gasteiger partial charge is 0.328 e. The van der Waals surface area contributed by atoms with Crippen molar-refractivity contribution in [1.29, 1.82) is 0 Å². The molecule has 2 aromatic rings. The van der Waals surface area contributed by atoms with E-state index in [1.165, 1.54) is 7.11 Å². The van der Waals surface area contributed by atoms with Gasteiger partial charge in [-0.25, -0.2) is 4.79 Å². The topological polar surface area (TPSA) is 114 Å². The van der Waals surface area contributed by atoms with Gasteiger partial charge >= 0.3 is 11.9 Å². The zero-order valence-corrected chi connectivity index (χ0v) is 20.2. The van der Waals surface area contributed by atoms with Crippen molar-refractivity contribution >= 4 is 17.8 Å². The van der Waals surface area contributed by atoms with Crippen LogP contribution >= 0.6 is 0 Å². The molecule has 2 atom stereocenters. The highest BCUT2D eigenvalue weighted by atomic mass is 16.5. The number of esters is 1. The van der Waals surface area contributed by atoms with Crippen molar-refractivity contribution in [2.75, 3.05) is 20.8 Å². The van der Waals surface area contributed by atoms with Crippen molar-refractivity contribution < 1.29 is 29.0 Å². The average molecular weight is 471 g/mol. The van der Waals surface area contributed by atoms with Gasteiger partial charge in [-0.3, -0.25) is 9.59 Å². The maximum atomic E-state index is 12.9. The first-order chi connectivity index (χ1) is 16.2. The van der Waals surface area contributed by atoms with Crippen molar-refractivity contribution in [3.05, 3.63) is 65.7 Å². The second kappa shape index (κ2) is 12.7. The number of hydrogen-bond donors (Lipinski definition) is 3. The quantitative estimate of drug-likeness (QED) is 0.386. The lowest BCUT2D eigenvalue weighted by atomic mass is 9.81. The van der Waals surface area contributed by atoms with E-state index in [-0.39, 0.29) is 11.8 Å². The van der Waals surface area contributed by atoms with Crippen LogP contribution in [0.2, 0.25) is 0 Å². The second-order valence-electron chi connectivity index (χ2n) is 8.74. The van der Waals surface area contributed by atoms with Crippen LogP contribution in [0.25, 0.3) is 0 Å². The van der Waals surface area contributed by atoms with Gasteiger partial charge in [0.05, 0.1) is 26.7 Å². The number of carbonyl (C=O) groups is 3. The first-order valence-electron chi connectivity index (χ1n) is 11.2. The number of carbonyl (C=O) groups excluding carboxylic acids is 2. The van der Waals surface area contributed by atoms with Crippen LogP contribution in [0.1, 0.15) is 37.8 Å². The van der Waals surface area contributed by atoms with E-state index in [0.29, 0.717) is 13.0 Å². The van der Waals surface area contributed by atoms with Gasteiger partial charge in [0.15, 0.2) is 0 Å². The third-order valence-electron chi connectivity index (χ3n) is 5.79. The highest BCUT2D eigenvalue weighted by molar-refractivity contribution is 5.90. The molecule has 0 fully saturated rings. The first-order valence-corrected chi connectivity index (χ1v) is 11.2. The molecule has 0 radical (unpaired) electrons. The van der Waals surface area contributed by atoms with Crippen LogP contribution in [0.5, 0.6) is 5.75 Å². The Morgan fingerprint density at radius 1 is 0.971 bits per heavy atom. The molecule has 34 heavy (non-hydrogen) atoms. The largest absolute Gasteiger partial charge is 0.497 e. The molecule has 8 nitrogen and oxygen atoms in total. The van der Waals surface area contributed by atoms with Gasteiger partial charge in [-0.2, -0.15) is 0 Å². The normalized spacial score (nSPS) is 12.9. The van der Waals surface area contributed by atoms with Crippen LogP contribution in [0.3, 0.4) is 0 Å². The Balaban J connectivity index is 2.04. The molecule has 1 amide bonds. The summed E-state index contributed by atoms with van der Waals surface area (Å²) in [6.07, 6.45) is 0.491. The fraction of sp³-hybridized carbons (Fsp3) is 0.423. The minimum Gasteiger partial charge on any atom is -0.497 e. The number of rotatable bonds is 13. The number of amides is 1. The molecule has 0 spiro atoms. The Labute approximate surface area is 200 Å². The summed E-state index contributed by atoms with van der Waals surface area (Å²) in [7, 11) is 2.86. The molecule has 0 heterocycles. The number of nitrogens with one attached hydrogen (secondary N) is 2. The van der Waals surface area contributed by atoms with E-state index in [1.807, 2.05) is 54.6 Å². The summed E-state index contributed by atoms with van der Waals surface area (Å²) >= 11 is 0. The molecule has 0 aliphatic heterocycles. The predicted molar refractivity (Wildman–Crippen MR) is 129 cm³/mol. The maximum Gasteiger partial charge on any atom is 0.328 e. The van der Waals surface area contributed by atoms with Crippen molar-refractivity contribution in [1.82, 2.24) is 10.6 Å². The molecule has 0 aromatic heterocycles. The van der Waals surface area contributed by atoms with Crippen LogP contribution in [0, 0.1) is 0 Å². The molecule has 184 valence electrons. The summed E-state index contributed by atoms with van der Waals surface area (Å²) in [4.78, 5) is 36.6. The highest BCUT2D eigenvalue weighted by Gasteiger charge is 2.28. The Kier molecular flexibility index (Phi) is 10.1. The molecule has 8 heteroatoms. The van der Waals surface area contributed by atoms with Gasteiger partial charge in [0.1, 0.15) is 11.8 Å². The van der Waals surface area contributed by atoms with Crippen molar-refractivity contribution in [2.24, 2.45) is 0 Å². The van der Waals surface area contributed by atoms with Gasteiger partial charge < -0.3 is 25.2 Å². The van der Waals surface area contributed by atoms with Crippen LogP contribution in [-0.2, 0) is 31.0 Å². The molecule has 0 aliphatic rings. The number of hydrogen-bond acceptors (Lipinski definition) is 6. The molecule has 2 rings (SSSR count). The number of aliphatic carboxylic acids is 1. The predicted octanol–water partition coefficient (Wildman–Crippen LogP) is 2.70. The van der Waals surface area contributed by atoms with Crippen molar-refractivity contribution in [3.8, 4) is 5.75 Å². The van der Waals surface area contributed by atoms with Gasteiger partial charge in [-0.1, -0.05) is 56.3 Å². The molecule has 0 saturated heterocycles. The lowest BCUT2D eigenvalue weighted by Gasteiger charge is -2.27. The van der Waals surface area contributed by atoms with E-state index in [0.717, 1.165) is 16.9 Å². The minimum absolute atomic E-state index is 0.217. The Morgan fingerprint density at radius 3 is 2.18 bits per heavy atom. The molecule has 0 unspecified atom stereocenters. The second-order valence-corrected chi connectivity index (χ2v) is 8.74. The molecule has 0 bridgehead atoms. The molecular weight excluding hydrogens is 436 g/mol. The summed E-state index contributed by atoms with van der Waals surface area (Å²) in [5.41, 5.74) is 1.73. The molecule has 3 N–H and O–H groups in total. The summed E-state index contributed by atoms with van der Waals surface area (Å²) in [6.45, 7) is 4.57. The van der Waals surface area contributed by atoms with Crippen LogP contribution in [0.15, 0.2) is 54.6 Å². The number of carboxylic acid groups (broad SMARTS) is 1. The SMILES string of the molecule is COC(=O)[C@H](Cc1ccccc1)NC(=O)[C@H](CC(=O)O)NCCC(C)(C)c1ccc(OC)cc1. The summed E-state index contributed by atoms with van der Waals surface area (Å²) in [5.74, 6) is -1.49. The summed E-state index contributed by atoms with van der Waals surface area (Å²) < 4.78 is 10.0.